The van der Waals surface area contributed by atoms with Crippen molar-refractivity contribution in [2.24, 2.45) is 0 Å². The minimum absolute atomic E-state index is 0.101. The van der Waals surface area contributed by atoms with E-state index in [1.165, 1.54) is 0 Å². The number of esters is 1. The molecule has 0 aliphatic heterocycles. The number of pyridine rings is 1. The number of hydrogen-bond acceptors (Lipinski definition) is 4. The molecule has 0 spiro atoms. The van der Waals surface area contributed by atoms with Crippen LogP contribution in [0.2, 0.25) is 5.02 Å². The fourth-order valence-electron chi connectivity index (χ4n) is 3.61. The number of halogens is 1. The number of amides is 1. The van der Waals surface area contributed by atoms with E-state index in [1.807, 2.05) is 65.0 Å². The average molecular weight is 437 g/mol. The summed E-state index contributed by atoms with van der Waals surface area (Å²) in [5.74, 6) is -0.886. The number of rotatable bonds is 5. The van der Waals surface area contributed by atoms with Gasteiger partial charge in [0.25, 0.3) is 5.91 Å². The van der Waals surface area contributed by atoms with Crippen LogP contribution in [0.4, 0.5) is 0 Å². The van der Waals surface area contributed by atoms with E-state index in [1.54, 1.807) is 24.4 Å². The smallest absolute Gasteiger partial charge is 0.344 e. The minimum Gasteiger partial charge on any atom is -0.422 e. The fourth-order valence-corrected chi connectivity index (χ4v) is 3.86. The van der Waals surface area contributed by atoms with Crippen molar-refractivity contribution in [3.63, 3.8) is 0 Å². The summed E-state index contributed by atoms with van der Waals surface area (Å²) in [5.41, 5.74) is 3.20. The summed E-state index contributed by atoms with van der Waals surface area (Å²) >= 11 is 6.34. The van der Waals surface area contributed by atoms with Crippen LogP contribution < -0.4 is 10.1 Å². The molecule has 1 amide bonds. The first kappa shape index (κ1) is 22.5. The van der Waals surface area contributed by atoms with E-state index in [0.29, 0.717) is 11.3 Å². The molecule has 3 rings (SSSR count). The second-order valence-electron chi connectivity index (χ2n) is 8.07. The van der Waals surface area contributed by atoms with E-state index in [0.717, 1.165) is 16.7 Å². The van der Waals surface area contributed by atoms with Crippen molar-refractivity contribution in [2.75, 3.05) is 0 Å². The lowest BCUT2D eigenvalue weighted by atomic mass is 9.99. The Labute approximate surface area is 187 Å². The molecular weight excluding hydrogens is 412 g/mol. The summed E-state index contributed by atoms with van der Waals surface area (Å²) in [7, 11) is 0. The molecule has 0 bridgehead atoms. The molecule has 2 aromatic carbocycles. The van der Waals surface area contributed by atoms with Crippen molar-refractivity contribution >= 4 is 23.5 Å². The van der Waals surface area contributed by atoms with Gasteiger partial charge in [-0.3, -0.25) is 9.78 Å². The average Bonchev–Trinajstić information content (AvgIpc) is 2.67. The summed E-state index contributed by atoms with van der Waals surface area (Å²) < 4.78 is 5.66. The fraction of sp³-hybridized carbons (Fsp3) is 0.240. The summed E-state index contributed by atoms with van der Waals surface area (Å²) in [6.45, 7) is 9.37. The number of nitrogens with one attached hydrogen (secondary N) is 1. The Morgan fingerprint density at radius 1 is 0.968 bits per heavy atom. The van der Waals surface area contributed by atoms with Crippen molar-refractivity contribution < 1.29 is 14.3 Å². The molecule has 1 N–H and O–H groups in total. The van der Waals surface area contributed by atoms with Crippen molar-refractivity contribution in [1.29, 1.82) is 0 Å². The number of aromatic nitrogens is 1. The Morgan fingerprint density at radius 2 is 1.65 bits per heavy atom. The monoisotopic (exact) mass is 436 g/mol. The summed E-state index contributed by atoms with van der Waals surface area (Å²) in [4.78, 5) is 30.4. The maximum absolute atomic E-state index is 13.2. The maximum Gasteiger partial charge on any atom is 0.344 e. The van der Waals surface area contributed by atoms with E-state index < -0.39 is 17.4 Å². The van der Waals surface area contributed by atoms with Gasteiger partial charge in [0.2, 0.25) is 0 Å². The molecular formula is C25H25ClN2O3. The first-order chi connectivity index (χ1) is 14.6. The molecule has 1 aromatic heterocycles. The van der Waals surface area contributed by atoms with Gasteiger partial charge in [-0.1, -0.05) is 41.4 Å². The number of aryl methyl sites for hydroxylation is 3. The SMILES string of the molecule is Cc1cc(C)c(C(=O)Oc2cccc(Cl)c2C(=O)NC(C)(C)c2ccccn2)c(C)c1. The quantitative estimate of drug-likeness (QED) is 0.421. The highest BCUT2D eigenvalue weighted by Gasteiger charge is 2.28. The van der Waals surface area contributed by atoms with Crippen molar-refractivity contribution in [1.82, 2.24) is 10.3 Å². The van der Waals surface area contributed by atoms with Gasteiger partial charge in [-0.25, -0.2) is 4.79 Å². The van der Waals surface area contributed by atoms with Crippen LogP contribution in [0.25, 0.3) is 0 Å². The highest BCUT2D eigenvalue weighted by atomic mass is 35.5. The number of hydrogen-bond donors (Lipinski definition) is 1. The number of ether oxygens (including phenoxy) is 1. The van der Waals surface area contributed by atoms with Crippen molar-refractivity contribution in [2.45, 2.75) is 40.2 Å². The molecule has 1 heterocycles. The lowest BCUT2D eigenvalue weighted by molar-refractivity contribution is 0.0730. The number of carbonyl (C=O) groups excluding carboxylic acids is 2. The number of nitrogens with zero attached hydrogens (tertiary/aromatic N) is 1. The van der Waals surface area contributed by atoms with Gasteiger partial charge in [-0.15, -0.1) is 0 Å². The van der Waals surface area contributed by atoms with Crippen LogP contribution in [0.1, 0.15) is 56.9 Å². The lowest BCUT2D eigenvalue weighted by Gasteiger charge is -2.26. The number of benzene rings is 2. The van der Waals surface area contributed by atoms with Gasteiger partial charge in [-0.2, -0.15) is 0 Å². The van der Waals surface area contributed by atoms with Gasteiger partial charge < -0.3 is 10.1 Å². The Bertz CT molecular complexity index is 1120. The molecule has 0 saturated heterocycles. The molecule has 0 unspecified atom stereocenters. The molecule has 0 aliphatic rings. The third kappa shape index (κ3) is 4.94. The highest BCUT2D eigenvalue weighted by Crippen LogP contribution is 2.29. The molecule has 6 heteroatoms. The molecule has 0 atom stereocenters. The summed E-state index contributed by atoms with van der Waals surface area (Å²) in [6, 6.07) is 14.1. The second kappa shape index (κ2) is 8.90. The van der Waals surface area contributed by atoms with Gasteiger partial charge in [0.1, 0.15) is 11.3 Å². The van der Waals surface area contributed by atoms with Crippen LogP contribution >= 0.6 is 11.6 Å². The van der Waals surface area contributed by atoms with Gasteiger partial charge in [-0.05, 0) is 70.0 Å². The topological polar surface area (TPSA) is 68.3 Å². The number of carbonyl (C=O) groups is 2. The van der Waals surface area contributed by atoms with Crippen LogP contribution in [0, 0.1) is 20.8 Å². The summed E-state index contributed by atoms with van der Waals surface area (Å²) in [6.07, 6.45) is 1.66. The normalized spacial score (nSPS) is 11.2. The zero-order chi connectivity index (χ0) is 22.8. The van der Waals surface area contributed by atoms with E-state index >= 15 is 0 Å². The maximum atomic E-state index is 13.2. The van der Waals surface area contributed by atoms with Gasteiger partial charge in [0, 0.05) is 6.20 Å². The van der Waals surface area contributed by atoms with Crippen LogP contribution in [0.3, 0.4) is 0 Å². The lowest BCUT2D eigenvalue weighted by Crippen LogP contribution is -2.41. The van der Waals surface area contributed by atoms with Gasteiger partial charge >= 0.3 is 5.97 Å². The van der Waals surface area contributed by atoms with Crippen LogP contribution in [0.5, 0.6) is 5.75 Å². The molecule has 0 radical (unpaired) electrons. The van der Waals surface area contributed by atoms with E-state index in [2.05, 4.69) is 10.3 Å². The predicted octanol–water partition coefficient (Wildman–Crippen LogP) is 5.54. The standard InChI is InChI=1S/C25H25ClN2O3/c1-15-13-16(2)21(17(3)14-15)24(30)31-19-10-8-9-18(26)22(19)23(29)28-25(4,5)20-11-6-7-12-27-20/h6-14H,1-5H3,(H,28,29). The van der Waals surface area contributed by atoms with Gasteiger partial charge in [0.15, 0.2) is 0 Å². The van der Waals surface area contributed by atoms with E-state index in [-0.39, 0.29) is 16.3 Å². The largest absolute Gasteiger partial charge is 0.422 e. The zero-order valence-corrected chi connectivity index (χ0v) is 19.0. The first-order valence-electron chi connectivity index (χ1n) is 9.92. The zero-order valence-electron chi connectivity index (χ0n) is 18.2. The third-order valence-electron chi connectivity index (χ3n) is 5.02. The second-order valence-corrected chi connectivity index (χ2v) is 8.48. The first-order valence-corrected chi connectivity index (χ1v) is 10.3. The van der Waals surface area contributed by atoms with E-state index in [4.69, 9.17) is 16.3 Å². The molecule has 0 aliphatic carbocycles. The predicted molar refractivity (Wildman–Crippen MR) is 122 cm³/mol. The molecule has 0 fully saturated rings. The Morgan fingerprint density at radius 3 is 2.26 bits per heavy atom. The third-order valence-corrected chi connectivity index (χ3v) is 5.33. The molecule has 31 heavy (non-hydrogen) atoms. The van der Waals surface area contributed by atoms with Crippen molar-refractivity contribution in [3.05, 3.63) is 93.3 Å². The minimum atomic E-state index is -0.761. The Kier molecular flexibility index (Phi) is 6.46. The van der Waals surface area contributed by atoms with Crippen LogP contribution in [-0.2, 0) is 5.54 Å². The Hall–Kier alpha value is -3.18. The molecule has 3 aromatic rings. The highest BCUT2D eigenvalue weighted by molar-refractivity contribution is 6.34. The van der Waals surface area contributed by atoms with Crippen molar-refractivity contribution in [3.8, 4) is 5.75 Å². The van der Waals surface area contributed by atoms with Crippen LogP contribution in [-0.4, -0.2) is 16.9 Å². The van der Waals surface area contributed by atoms with E-state index in [9.17, 15) is 9.59 Å². The molecule has 5 nitrogen and oxygen atoms in total. The Balaban J connectivity index is 1.92. The molecule has 0 saturated carbocycles. The van der Waals surface area contributed by atoms with Crippen LogP contribution in [0.15, 0.2) is 54.7 Å². The molecule has 160 valence electrons. The summed E-state index contributed by atoms with van der Waals surface area (Å²) in [5, 5.41) is 3.13. The van der Waals surface area contributed by atoms with Gasteiger partial charge in [0.05, 0.1) is 21.8 Å².